The summed E-state index contributed by atoms with van der Waals surface area (Å²) in [5, 5.41) is 52.4. The van der Waals surface area contributed by atoms with Crippen molar-refractivity contribution in [2.75, 3.05) is 26.6 Å². The summed E-state index contributed by atoms with van der Waals surface area (Å²) in [6, 6.07) is 16.4. The van der Waals surface area contributed by atoms with Crippen molar-refractivity contribution in [1.29, 1.82) is 0 Å². The third kappa shape index (κ3) is 10.5. The van der Waals surface area contributed by atoms with Crippen LogP contribution in [0.15, 0.2) is 71.8 Å². The Balaban J connectivity index is 1.45. The Hall–Kier alpha value is -2.19. The van der Waals surface area contributed by atoms with Crippen molar-refractivity contribution in [3.63, 3.8) is 0 Å². The molecular weight excluding hydrogens is 979 g/mol. The van der Waals surface area contributed by atoms with Gasteiger partial charge < -0.3 is 49.1 Å². The first kappa shape index (κ1) is 52.2. The summed E-state index contributed by atoms with van der Waals surface area (Å²) in [6.45, 7) is 6.08. The summed E-state index contributed by atoms with van der Waals surface area (Å²) in [5.41, 5.74) is -5.46. The number of carbonyl (C=O) groups excluding carboxylic acids is 3. The van der Waals surface area contributed by atoms with E-state index in [0.29, 0.717) is 16.7 Å². The summed E-state index contributed by atoms with van der Waals surface area (Å²) in [6.07, 6.45) is -9.86. The Bertz CT molecular complexity index is 2060. The highest BCUT2D eigenvalue weighted by molar-refractivity contribution is 6.68. The molecule has 2 aromatic rings. The molecule has 12 atom stereocenters. The van der Waals surface area contributed by atoms with Gasteiger partial charge in [0, 0.05) is 23.7 Å². The van der Waals surface area contributed by atoms with Gasteiger partial charge in [0.2, 0.25) is 7.59 Å². The standard InChI is InChI=1S/C44H53Cl6NO14/c1-23-27(33(65-58)34(63-22-59-20-43(45,46)47)31(26-14-10-7-11-15-26)51-37(54)60-18-25-12-8-6-9-13-25)17-42(57)24(2)35-40(5,36(53)32(52)30(23)39(42,3)4)28(16-29-41(35,56)19-61-29)64-38(55)62-21-44(48,49)50/h6-15,24,27-29,31-35,52,56-58H,16-22H2,1-5H3,(H,51,54)/t24?,27?,28?,29?,31?,32?,33-,34?,35?,40-,41+,42?/m1/s1. The minimum absolute atomic E-state index is 0.0732. The predicted molar refractivity (Wildman–Crippen MR) is 240 cm³/mol. The van der Waals surface area contributed by atoms with Crippen LogP contribution < -0.4 is 5.32 Å². The lowest BCUT2D eigenvalue weighted by molar-refractivity contribution is -0.340. The number of ether oxygens (including phenoxy) is 6. The number of alkyl carbamates (subject to hydrolysis) is 1. The van der Waals surface area contributed by atoms with Crippen molar-refractivity contribution < 1.29 is 68.3 Å². The molecule has 1 saturated heterocycles. The van der Waals surface area contributed by atoms with Gasteiger partial charge in [-0.05, 0) is 42.9 Å². The number of Topliss-reactive ketones (excluding diaryl/α,β-unsaturated/α-hetero) is 1. The van der Waals surface area contributed by atoms with E-state index in [2.05, 4.69) is 5.32 Å². The van der Waals surface area contributed by atoms with Crippen LogP contribution in [-0.2, 0) is 44.7 Å². The van der Waals surface area contributed by atoms with Gasteiger partial charge in [-0.3, -0.25) is 10.1 Å². The molecule has 0 aromatic heterocycles. The highest BCUT2D eigenvalue weighted by atomic mass is 35.6. The normalized spacial score (nSPS) is 32.3. The molecule has 2 saturated carbocycles. The molecule has 9 unspecified atom stereocenters. The summed E-state index contributed by atoms with van der Waals surface area (Å²) in [5.74, 6) is -4.25. The molecule has 65 heavy (non-hydrogen) atoms. The fourth-order valence-electron chi connectivity index (χ4n) is 10.8. The molecule has 1 aliphatic heterocycles. The lowest BCUT2D eigenvalue weighted by Crippen LogP contribution is -2.79. The third-order valence-electron chi connectivity index (χ3n) is 13.9. The topological polar surface area (TPSA) is 209 Å². The van der Waals surface area contributed by atoms with E-state index in [4.69, 9.17) is 103 Å². The first-order chi connectivity index (χ1) is 30.3. The van der Waals surface area contributed by atoms with E-state index in [0.717, 1.165) is 0 Å². The van der Waals surface area contributed by atoms with Crippen LogP contribution in [0.2, 0.25) is 0 Å². The number of carbonyl (C=O) groups is 3. The van der Waals surface area contributed by atoms with Crippen LogP contribution in [0.25, 0.3) is 0 Å². The minimum Gasteiger partial charge on any atom is -0.445 e. The molecule has 1 heterocycles. The molecule has 2 aromatic carbocycles. The Labute approximate surface area is 406 Å². The maximum Gasteiger partial charge on any atom is 0.508 e. The number of ketones is 1. The number of amides is 1. The number of benzene rings is 2. The fraction of sp³-hybridized carbons (Fsp3) is 0.614. The van der Waals surface area contributed by atoms with Gasteiger partial charge in [-0.15, -0.1) is 0 Å². The Morgan fingerprint density at radius 3 is 2.12 bits per heavy atom. The van der Waals surface area contributed by atoms with Crippen LogP contribution in [0.5, 0.6) is 0 Å². The van der Waals surface area contributed by atoms with E-state index in [1.165, 1.54) is 6.92 Å². The third-order valence-corrected chi connectivity index (χ3v) is 14.6. The zero-order valence-electron chi connectivity index (χ0n) is 36.1. The van der Waals surface area contributed by atoms with E-state index in [1.807, 2.05) is 6.07 Å². The second-order valence-electron chi connectivity index (χ2n) is 17.9. The first-order valence-electron chi connectivity index (χ1n) is 20.8. The smallest absolute Gasteiger partial charge is 0.445 e. The number of nitrogens with one attached hydrogen (secondary N) is 1. The van der Waals surface area contributed by atoms with Gasteiger partial charge in [-0.25, -0.2) is 14.5 Å². The van der Waals surface area contributed by atoms with Gasteiger partial charge in [0.25, 0.3) is 0 Å². The molecule has 15 nitrogen and oxygen atoms in total. The van der Waals surface area contributed by atoms with E-state index < -0.39 is 122 Å². The van der Waals surface area contributed by atoms with Crippen LogP contribution in [0.3, 0.4) is 0 Å². The molecule has 6 rings (SSSR count). The lowest BCUT2D eigenvalue weighted by Gasteiger charge is -2.67. The molecule has 1 amide bonds. The average molecular weight is 1030 g/mol. The Morgan fingerprint density at radius 1 is 0.938 bits per heavy atom. The van der Waals surface area contributed by atoms with E-state index in [1.54, 1.807) is 82.3 Å². The van der Waals surface area contributed by atoms with Crippen molar-refractivity contribution >= 4 is 87.6 Å². The van der Waals surface area contributed by atoms with Crippen LogP contribution in [0.4, 0.5) is 9.59 Å². The van der Waals surface area contributed by atoms with Crippen LogP contribution in [-0.4, -0.2) is 115 Å². The van der Waals surface area contributed by atoms with Crippen LogP contribution >= 0.6 is 69.6 Å². The first-order valence-corrected chi connectivity index (χ1v) is 23.1. The molecule has 3 fully saturated rings. The van der Waals surface area contributed by atoms with Crippen molar-refractivity contribution in [1.82, 2.24) is 5.32 Å². The van der Waals surface area contributed by atoms with Gasteiger partial charge in [0.05, 0.1) is 36.4 Å². The highest BCUT2D eigenvalue weighted by Gasteiger charge is 2.75. The summed E-state index contributed by atoms with van der Waals surface area (Å²) in [7, 11) is 0. The number of fused-ring (bicyclic) bond motifs is 5. The van der Waals surface area contributed by atoms with Crippen molar-refractivity contribution in [2.45, 2.75) is 109 Å². The molecule has 4 aliphatic rings. The Kier molecular flexibility index (Phi) is 16.1. The molecule has 21 heteroatoms. The summed E-state index contributed by atoms with van der Waals surface area (Å²) >= 11 is 35.3. The molecule has 0 radical (unpaired) electrons. The van der Waals surface area contributed by atoms with Crippen LogP contribution in [0, 0.1) is 28.6 Å². The van der Waals surface area contributed by atoms with Gasteiger partial charge in [0.1, 0.15) is 50.0 Å². The zero-order chi connectivity index (χ0) is 47.9. The number of hydrogen-bond donors (Lipinski definition) is 5. The zero-order valence-corrected chi connectivity index (χ0v) is 40.6. The fourth-order valence-corrected chi connectivity index (χ4v) is 11.2. The minimum atomic E-state index is -1.99. The molecule has 5 N–H and O–H groups in total. The number of aliphatic hydroxyl groups is 3. The molecule has 360 valence electrons. The number of rotatable bonds is 14. The molecule has 2 bridgehead atoms. The Morgan fingerprint density at radius 2 is 1.55 bits per heavy atom. The number of halogens is 6. The maximum absolute atomic E-state index is 15.3. The van der Waals surface area contributed by atoms with E-state index in [9.17, 15) is 30.2 Å². The monoisotopic (exact) mass is 1030 g/mol. The maximum atomic E-state index is 15.3. The molecular formula is C44H53Cl6NO14. The quantitative estimate of drug-likeness (QED) is 0.0231. The highest BCUT2D eigenvalue weighted by Crippen LogP contribution is 2.65. The van der Waals surface area contributed by atoms with Crippen molar-refractivity contribution in [3.8, 4) is 0 Å². The van der Waals surface area contributed by atoms with Gasteiger partial charge in [-0.1, -0.05) is 157 Å². The SMILES string of the molecule is CC1=C2C(O)C(=O)[C@]3(C)C(OC(=O)OCC(Cl)(Cl)Cl)CC4OC[C@@]4(O)C3C(C)C(O)(CC1[C@@H](OO)C(OCOCC(Cl)(Cl)Cl)C(NC(=O)OCc1ccccc1)c1ccccc1)C2(C)C. The summed E-state index contributed by atoms with van der Waals surface area (Å²) in [4.78, 5) is 47.4. The number of aliphatic hydroxyl groups excluding tert-OH is 1. The van der Waals surface area contributed by atoms with E-state index >= 15 is 4.79 Å². The molecule has 3 aliphatic carbocycles. The van der Waals surface area contributed by atoms with Crippen LogP contribution in [0.1, 0.15) is 64.6 Å². The number of hydrogen-bond acceptors (Lipinski definition) is 14. The molecule has 0 spiro atoms. The average Bonchev–Trinajstić information content (AvgIpc) is 3.24. The second kappa shape index (κ2) is 20.0. The van der Waals surface area contributed by atoms with Crippen molar-refractivity contribution in [3.05, 3.63) is 82.9 Å². The van der Waals surface area contributed by atoms with Gasteiger partial charge >= 0.3 is 12.2 Å². The van der Waals surface area contributed by atoms with Gasteiger partial charge in [0.15, 0.2) is 5.78 Å². The van der Waals surface area contributed by atoms with E-state index in [-0.39, 0.29) is 31.6 Å². The predicted octanol–water partition coefficient (Wildman–Crippen LogP) is 7.96. The number of alkyl halides is 6. The largest absolute Gasteiger partial charge is 0.508 e. The van der Waals surface area contributed by atoms with Gasteiger partial charge in [-0.2, -0.15) is 0 Å². The van der Waals surface area contributed by atoms with Crippen molar-refractivity contribution in [2.24, 2.45) is 28.6 Å². The summed E-state index contributed by atoms with van der Waals surface area (Å²) < 4.78 is 30.3. The second-order valence-corrected chi connectivity index (χ2v) is 23.0. The lowest BCUT2D eigenvalue weighted by atomic mass is 9.42.